The van der Waals surface area contributed by atoms with Gasteiger partial charge in [-0.25, -0.2) is 4.39 Å². The molecule has 6 nitrogen and oxygen atoms in total. The molecule has 1 aliphatic heterocycles. The minimum absolute atomic E-state index is 0.193. The number of pyridine rings is 1. The normalized spacial score (nSPS) is 16.0. The quantitative estimate of drug-likeness (QED) is 0.783. The van der Waals surface area contributed by atoms with E-state index in [0.29, 0.717) is 5.92 Å². The predicted octanol–water partition coefficient (Wildman–Crippen LogP) is 2.69. The lowest BCUT2D eigenvalue weighted by molar-refractivity contribution is -0.117. The molecule has 0 radical (unpaired) electrons. The summed E-state index contributed by atoms with van der Waals surface area (Å²) in [6, 6.07) is 12.1. The molecule has 0 unspecified atom stereocenters. The minimum atomic E-state index is -0.418. The zero-order valence-corrected chi connectivity index (χ0v) is 14.3. The third-order valence-corrected chi connectivity index (χ3v) is 4.81. The van der Waals surface area contributed by atoms with E-state index < -0.39 is 5.82 Å². The van der Waals surface area contributed by atoms with E-state index in [2.05, 4.69) is 20.4 Å². The Morgan fingerprint density at radius 1 is 1.12 bits per heavy atom. The van der Waals surface area contributed by atoms with Crippen molar-refractivity contribution in [3.05, 3.63) is 60.3 Å². The molecule has 3 heterocycles. The Hall–Kier alpha value is -2.80. The van der Waals surface area contributed by atoms with E-state index in [4.69, 9.17) is 0 Å². The van der Waals surface area contributed by atoms with E-state index >= 15 is 0 Å². The molecule has 0 aliphatic carbocycles. The van der Waals surface area contributed by atoms with Crippen molar-refractivity contribution in [2.45, 2.75) is 18.8 Å². The number of likely N-dealkylation sites (tertiary alicyclic amines) is 1. The largest absolute Gasteiger partial charge is 0.322 e. The number of benzene rings is 1. The van der Waals surface area contributed by atoms with Crippen molar-refractivity contribution < 1.29 is 9.18 Å². The lowest BCUT2D eigenvalue weighted by Gasteiger charge is -2.30. The summed E-state index contributed by atoms with van der Waals surface area (Å²) in [4.78, 5) is 14.3. The maximum atomic E-state index is 13.6. The number of halogens is 1. The molecule has 1 amide bonds. The Morgan fingerprint density at radius 2 is 1.88 bits per heavy atom. The van der Waals surface area contributed by atoms with Crippen LogP contribution < -0.4 is 5.32 Å². The van der Waals surface area contributed by atoms with Crippen LogP contribution in [-0.4, -0.2) is 45.0 Å². The number of hydrogen-bond donors (Lipinski definition) is 1. The molecule has 1 saturated heterocycles. The number of fused-ring (bicyclic) bond motifs is 1. The number of nitrogens with zero attached hydrogens (tertiary/aromatic N) is 4. The third kappa shape index (κ3) is 3.43. The van der Waals surface area contributed by atoms with Gasteiger partial charge in [0.1, 0.15) is 11.6 Å². The highest BCUT2D eigenvalue weighted by Gasteiger charge is 2.25. The molecular weight excluding hydrogens is 333 g/mol. The van der Waals surface area contributed by atoms with Gasteiger partial charge in [0.15, 0.2) is 5.65 Å². The molecule has 2 aromatic heterocycles. The predicted molar refractivity (Wildman–Crippen MR) is 96.4 cm³/mol. The molecule has 1 N–H and O–H groups in total. The summed E-state index contributed by atoms with van der Waals surface area (Å²) >= 11 is 0. The van der Waals surface area contributed by atoms with Crippen LogP contribution in [0.25, 0.3) is 5.65 Å². The first kappa shape index (κ1) is 16.7. The second-order valence-electron chi connectivity index (χ2n) is 6.57. The van der Waals surface area contributed by atoms with E-state index in [9.17, 15) is 9.18 Å². The van der Waals surface area contributed by atoms with Gasteiger partial charge in [0.25, 0.3) is 0 Å². The van der Waals surface area contributed by atoms with Gasteiger partial charge in [0.2, 0.25) is 5.91 Å². The fourth-order valence-electron chi connectivity index (χ4n) is 3.44. The zero-order valence-electron chi connectivity index (χ0n) is 14.3. The van der Waals surface area contributed by atoms with Crippen molar-refractivity contribution in [1.82, 2.24) is 19.5 Å². The van der Waals surface area contributed by atoms with Crippen LogP contribution >= 0.6 is 0 Å². The summed E-state index contributed by atoms with van der Waals surface area (Å²) in [7, 11) is 0. The van der Waals surface area contributed by atoms with Crippen molar-refractivity contribution in [2.75, 3.05) is 25.0 Å². The number of amides is 1. The number of carbonyl (C=O) groups is 1. The summed E-state index contributed by atoms with van der Waals surface area (Å²) in [6.45, 7) is 1.87. The zero-order chi connectivity index (χ0) is 17.9. The summed E-state index contributed by atoms with van der Waals surface area (Å²) in [6.07, 6.45) is 3.82. The second kappa shape index (κ2) is 7.21. The van der Waals surface area contributed by atoms with Crippen LogP contribution in [0.2, 0.25) is 0 Å². The van der Waals surface area contributed by atoms with Crippen LogP contribution in [0, 0.1) is 5.82 Å². The molecule has 1 fully saturated rings. The Balaban J connectivity index is 1.34. The summed E-state index contributed by atoms with van der Waals surface area (Å²) in [5.41, 5.74) is 1.08. The van der Waals surface area contributed by atoms with Crippen molar-refractivity contribution in [3.8, 4) is 0 Å². The molecular formula is C19H20FN5O. The molecule has 0 atom stereocenters. The van der Waals surface area contributed by atoms with Gasteiger partial charge in [-0.3, -0.25) is 14.1 Å². The van der Waals surface area contributed by atoms with Gasteiger partial charge < -0.3 is 5.32 Å². The molecule has 134 valence electrons. The first-order valence-electron chi connectivity index (χ1n) is 8.77. The monoisotopic (exact) mass is 353 g/mol. The number of nitrogens with one attached hydrogen (secondary N) is 1. The Morgan fingerprint density at radius 3 is 2.69 bits per heavy atom. The SMILES string of the molecule is O=C(CN1CCC(c2nnc3ccccn23)CC1)Nc1ccccc1F. The van der Waals surface area contributed by atoms with Crippen molar-refractivity contribution >= 4 is 17.2 Å². The van der Waals surface area contributed by atoms with Crippen molar-refractivity contribution in [3.63, 3.8) is 0 Å². The van der Waals surface area contributed by atoms with Gasteiger partial charge >= 0.3 is 0 Å². The smallest absolute Gasteiger partial charge is 0.238 e. The minimum Gasteiger partial charge on any atom is -0.322 e. The van der Waals surface area contributed by atoms with E-state index in [1.807, 2.05) is 28.8 Å². The second-order valence-corrected chi connectivity index (χ2v) is 6.57. The first-order valence-corrected chi connectivity index (χ1v) is 8.77. The third-order valence-electron chi connectivity index (χ3n) is 4.81. The number of hydrogen-bond acceptors (Lipinski definition) is 4. The highest BCUT2D eigenvalue weighted by molar-refractivity contribution is 5.92. The van der Waals surface area contributed by atoms with Crippen LogP contribution in [0.1, 0.15) is 24.6 Å². The first-order chi connectivity index (χ1) is 12.7. The van der Waals surface area contributed by atoms with Gasteiger partial charge in [-0.05, 0) is 50.2 Å². The molecule has 26 heavy (non-hydrogen) atoms. The molecule has 1 aromatic carbocycles. The van der Waals surface area contributed by atoms with Crippen LogP contribution in [0.5, 0.6) is 0 Å². The van der Waals surface area contributed by atoms with Gasteiger partial charge in [-0.15, -0.1) is 10.2 Å². The topological polar surface area (TPSA) is 62.5 Å². The number of carbonyl (C=O) groups excluding carboxylic acids is 1. The molecule has 1 aliphatic rings. The molecule has 7 heteroatoms. The fraction of sp³-hybridized carbons (Fsp3) is 0.316. The van der Waals surface area contributed by atoms with Crippen molar-refractivity contribution in [2.24, 2.45) is 0 Å². The number of anilines is 1. The summed E-state index contributed by atoms with van der Waals surface area (Å²) in [5.74, 6) is 0.703. The lowest BCUT2D eigenvalue weighted by atomic mass is 9.96. The van der Waals surface area contributed by atoms with E-state index in [0.717, 1.165) is 37.4 Å². The molecule has 3 aromatic rings. The average Bonchev–Trinajstić information content (AvgIpc) is 3.08. The molecule has 0 spiro atoms. The molecule has 4 rings (SSSR count). The van der Waals surface area contributed by atoms with E-state index in [1.165, 1.54) is 6.07 Å². The maximum absolute atomic E-state index is 13.6. The van der Waals surface area contributed by atoms with Crippen molar-refractivity contribution in [1.29, 1.82) is 0 Å². The van der Waals surface area contributed by atoms with E-state index in [1.54, 1.807) is 18.2 Å². The van der Waals surface area contributed by atoms with Gasteiger partial charge in [0, 0.05) is 12.1 Å². The highest BCUT2D eigenvalue weighted by Crippen LogP contribution is 2.27. The van der Waals surface area contributed by atoms with Crippen LogP contribution in [0.4, 0.5) is 10.1 Å². The molecule has 0 saturated carbocycles. The summed E-state index contributed by atoms with van der Waals surface area (Å²) in [5, 5.41) is 11.2. The highest BCUT2D eigenvalue weighted by atomic mass is 19.1. The maximum Gasteiger partial charge on any atom is 0.238 e. The van der Waals surface area contributed by atoms with Crippen LogP contribution in [0.3, 0.4) is 0 Å². The lowest BCUT2D eigenvalue weighted by Crippen LogP contribution is -2.39. The average molecular weight is 353 g/mol. The number of piperidine rings is 1. The van der Waals surface area contributed by atoms with Crippen LogP contribution in [0.15, 0.2) is 48.7 Å². The number of rotatable bonds is 4. The van der Waals surface area contributed by atoms with Gasteiger partial charge in [-0.2, -0.15) is 0 Å². The Labute approximate surface area is 150 Å². The Bertz CT molecular complexity index is 917. The number of para-hydroxylation sites is 1. The fourth-order valence-corrected chi connectivity index (χ4v) is 3.44. The summed E-state index contributed by atoms with van der Waals surface area (Å²) < 4.78 is 15.7. The standard InChI is InChI=1S/C19H20FN5O/c20-15-5-1-2-6-16(15)21-18(26)13-24-11-8-14(9-12-24)19-23-22-17-7-3-4-10-25(17)19/h1-7,10,14H,8-9,11-13H2,(H,21,26). The Kier molecular flexibility index (Phi) is 4.62. The molecule has 0 bridgehead atoms. The van der Waals surface area contributed by atoms with Crippen LogP contribution in [-0.2, 0) is 4.79 Å². The van der Waals surface area contributed by atoms with Gasteiger partial charge in [-0.1, -0.05) is 18.2 Å². The number of aromatic nitrogens is 3. The van der Waals surface area contributed by atoms with Gasteiger partial charge in [0.05, 0.1) is 12.2 Å². The van der Waals surface area contributed by atoms with E-state index in [-0.39, 0.29) is 18.1 Å².